The lowest BCUT2D eigenvalue weighted by Crippen LogP contribution is -2.40. The number of sulfonamides is 1. The minimum absolute atomic E-state index is 0.106. The van der Waals surface area contributed by atoms with Gasteiger partial charge in [-0.15, -0.1) is 0 Å². The van der Waals surface area contributed by atoms with Gasteiger partial charge in [0.1, 0.15) is 6.54 Å². The maximum absolute atomic E-state index is 12.7. The number of carbonyl (C=O) groups is 1. The highest BCUT2D eigenvalue weighted by molar-refractivity contribution is 9.10. The highest BCUT2D eigenvalue weighted by Crippen LogP contribution is 2.29. The summed E-state index contributed by atoms with van der Waals surface area (Å²) in [6.45, 7) is 2.53. The third-order valence-corrected chi connectivity index (χ3v) is 6.00. The lowest BCUT2D eigenvalue weighted by atomic mass is 10.3. The van der Waals surface area contributed by atoms with Crippen LogP contribution in [0, 0.1) is 0 Å². The van der Waals surface area contributed by atoms with Gasteiger partial charge < -0.3 is 15.1 Å². The minimum Gasteiger partial charge on any atom is -0.480 e. The second-order valence-electron chi connectivity index (χ2n) is 4.95. The summed E-state index contributed by atoms with van der Waals surface area (Å²) in [7, 11) is -4.04. The molecule has 1 aromatic carbocycles. The topological polar surface area (TPSA) is 123 Å². The van der Waals surface area contributed by atoms with Gasteiger partial charge in [-0.05, 0) is 41.9 Å². The van der Waals surface area contributed by atoms with Crippen LogP contribution in [-0.4, -0.2) is 46.4 Å². The van der Waals surface area contributed by atoms with Crippen molar-refractivity contribution in [3.8, 4) is 0 Å². The Balaban J connectivity index is 2.63. The van der Waals surface area contributed by atoms with Gasteiger partial charge in [-0.3, -0.25) is 4.79 Å². The van der Waals surface area contributed by atoms with Crippen LogP contribution < -0.4 is 5.69 Å². The molecule has 0 radical (unpaired) electrons. The number of nitrogens with one attached hydrogen (secondary N) is 2. The first-order valence-corrected chi connectivity index (χ1v) is 8.51. The van der Waals surface area contributed by atoms with Gasteiger partial charge in [0, 0.05) is 10.5 Å². The maximum atomic E-state index is 12.7. The predicted molar refractivity (Wildman–Crippen MR) is 83.3 cm³/mol. The van der Waals surface area contributed by atoms with E-state index in [0.717, 1.165) is 4.31 Å². The number of aliphatic carboxylic acids is 1. The smallest absolute Gasteiger partial charge is 0.323 e. The number of aromatic nitrogens is 2. The second-order valence-corrected chi connectivity index (χ2v) is 7.66. The number of benzene rings is 1. The molecule has 0 saturated heterocycles. The zero-order chi connectivity index (χ0) is 16.7. The first kappa shape index (κ1) is 16.7. The summed E-state index contributed by atoms with van der Waals surface area (Å²) in [6.07, 6.45) is 0. The highest BCUT2D eigenvalue weighted by atomic mass is 79.9. The van der Waals surface area contributed by atoms with Crippen LogP contribution in [0.1, 0.15) is 13.8 Å². The molecule has 22 heavy (non-hydrogen) atoms. The fraction of sp³-hybridized carbons (Fsp3) is 0.333. The molecule has 1 heterocycles. The zero-order valence-corrected chi connectivity index (χ0v) is 14.2. The number of H-pyrrole nitrogens is 2. The van der Waals surface area contributed by atoms with E-state index in [2.05, 4.69) is 25.9 Å². The van der Waals surface area contributed by atoms with Crippen LogP contribution in [0.2, 0.25) is 0 Å². The molecule has 2 aromatic rings. The summed E-state index contributed by atoms with van der Waals surface area (Å²) in [5.41, 5.74) is 0.318. The molecule has 0 bridgehead atoms. The Labute approximate surface area is 134 Å². The van der Waals surface area contributed by atoms with Gasteiger partial charge in [0.05, 0.1) is 15.9 Å². The highest BCUT2D eigenvalue weighted by Gasteiger charge is 2.31. The third kappa shape index (κ3) is 3.08. The van der Waals surface area contributed by atoms with Crippen molar-refractivity contribution < 1.29 is 18.3 Å². The standard InChI is InChI=1S/C12H14BrN3O5S/c1-6(2)16(5-11(17)18)22(20,21)10-4-9-8(3-7(10)13)14-12(19)15-9/h3-4,6H,5H2,1-2H3,(H,17,18)(H2,14,15,19). The molecule has 0 unspecified atom stereocenters. The number of halogens is 1. The van der Waals surface area contributed by atoms with Crippen LogP contribution >= 0.6 is 15.9 Å². The van der Waals surface area contributed by atoms with Crippen molar-refractivity contribution in [2.24, 2.45) is 0 Å². The van der Waals surface area contributed by atoms with Crippen molar-refractivity contribution >= 4 is 43.0 Å². The van der Waals surface area contributed by atoms with Crippen LogP contribution in [0.15, 0.2) is 26.3 Å². The van der Waals surface area contributed by atoms with Crippen molar-refractivity contribution in [3.05, 3.63) is 27.1 Å². The monoisotopic (exact) mass is 391 g/mol. The molecule has 0 aliphatic carbocycles. The number of hydrogen-bond acceptors (Lipinski definition) is 4. The van der Waals surface area contributed by atoms with Crippen molar-refractivity contribution in [3.63, 3.8) is 0 Å². The van der Waals surface area contributed by atoms with Crippen LogP contribution in [0.4, 0.5) is 0 Å². The van der Waals surface area contributed by atoms with Gasteiger partial charge in [-0.25, -0.2) is 13.2 Å². The van der Waals surface area contributed by atoms with Gasteiger partial charge in [-0.1, -0.05) is 0 Å². The minimum atomic E-state index is -4.04. The molecule has 3 N–H and O–H groups in total. The quantitative estimate of drug-likeness (QED) is 0.703. The van der Waals surface area contributed by atoms with E-state index in [0.29, 0.717) is 11.0 Å². The summed E-state index contributed by atoms with van der Waals surface area (Å²) in [5.74, 6) is -1.25. The van der Waals surface area contributed by atoms with E-state index in [9.17, 15) is 18.0 Å². The van der Waals surface area contributed by atoms with Crippen LogP contribution in [0.25, 0.3) is 11.0 Å². The lowest BCUT2D eigenvalue weighted by molar-refractivity contribution is -0.137. The van der Waals surface area contributed by atoms with Crippen molar-refractivity contribution in [1.29, 1.82) is 0 Å². The van der Waals surface area contributed by atoms with Crippen LogP contribution in [0.5, 0.6) is 0 Å². The van der Waals surface area contributed by atoms with Gasteiger partial charge >= 0.3 is 11.7 Å². The number of imidazole rings is 1. The molecule has 0 saturated carbocycles. The van der Waals surface area contributed by atoms with E-state index in [4.69, 9.17) is 5.11 Å². The van der Waals surface area contributed by atoms with Crippen molar-refractivity contribution in [2.75, 3.05) is 6.54 Å². The molecule has 1 aromatic heterocycles. The summed E-state index contributed by atoms with van der Waals surface area (Å²) in [6, 6.07) is 2.22. The molecule has 0 atom stereocenters. The predicted octanol–water partition coefficient (Wildman–Crippen LogP) is 1.10. The molecule has 8 nitrogen and oxygen atoms in total. The molecular weight excluding hydrogens is 378 g/mol. The number of carboxylic acids is 1. The molecule has 0 amide bonds. The summed E-state index contributed by atoms with van der Waals surface area (Å²) >= 11 is 3.16. The van der Waals surface area contributed by atoms with E-state index in [1.807, 2.05) is 0 Å². The van der Waals surface area contributed by atoms with Gasteiger partial charge in [0.25, 0.3) is 0 Å². The molecule has 120 valence electrons. The number of fused-ring (bicyclic) bond motifs is 1. The Morgan fingerprint density at radius 1 is 1.32 bits per heavy atom. The number of rotatable bonds is 5. The van der Waals surface area contributed by atoms with Crippen molar-refractivity contribution in [2.45, 2.75) is 24.8 Å². The SMILES string of the molecule is CC(C)N(CC(=O)O)S(=O)(=O)c1cc2[nH]c(=O)[nH]c2cc1Br. The Kier molecular flexibility index (Phi) is 4.45. The average molecular weight is 392 g/mol. The van der Waals surface area contributed by atoms with Crippen LogP contribution in [0.3, 0.4) is 0 Å². The Morgan fingerprint density at radius 3 is 2.36 bits per heavy atom. The van der Waals surface area contributed by atoms with Gasteiger partial charge in [0.15, 0.2) is 0 Å². The van der Waals surface area contributed by atoms with E-state index >= 15 is 0 Å². The Bertz CT molecular complexity index is 884. The summed E-state index contributed by atoms with van der Waals surface area (Å²) in [4.78, 5) is 27.1. The second kappa shape index (κ2) is 5.86. The number of aromatic amines is 2. The maximum Gasteiger partial charge on any atom is 0.323 e. The molecule has 0 fully saturated rings. The van der Waals surface area contributed by atoms with E-state index < -0.39 is 34.3 Å². The number of nitrogens with zero attached hydrogens (tertiary/aromatic N) is 1. The summed E-state index contributed by atoms with van der Waals surface area (Å²) < 4.78 is 26.5. The number of hydrogen-bond donors (Lipinski definition) is 3. The number of carboxylic acid groups (broad SMARTS) is 1. The lowest BCUT2D eigenvalue weighted by Gasteiger charge is -2.24. The fourth-order valence-corrected chi connectivity index (χ4v) is 4.66. The van der Waals surface area contributed by atoms with Crippen molar-refractivity contribution in [1.82, 2.24) is 14.3 Å². The first-order chi connectivity index (χ1) is 10.1. The third-order valence-electron chi connectivity index (χ3n) is 3.02. The first-order valence-electron chi connectivity index (χ1n) is 6.28. The van der Waals surface area contributed by atoms with Gasteiger partial charge in [0.2, 0.25) is 10.0 Å². The summed E-state index contributed by atoms with van der Waals surface area (Å²) in [5, 5.41) is 8.92. The van der Waals surface area contributed by atoms with E-state index in [1.165, 1.54) is 12.1 Å². The largest absolute Gasteiger partial charge is 0.480 e. The molecule has 0 aliphatic rings. The van der Waals surface area contributed by atoms with Gasteiger partial charge in [-0.2, -0.15) is 4.31 Å². The molecule has 0 aliphatic heterocycles. The van der Waals surface area contributed by atoms with E-state index in [-0.39, 0.29) is 9.37 Å². The molecular formula is C12H14BrN3O5S. The zero-order valence-electron chi connectivity index (χ0n) is 11.8. The Morgan fingerprint density at radius 2 is 1.86 bits per heavy atom. The molecule has 0 spiro atoms. The molecule has 2 rings (SSSR count). The van der Waals surface area contributed by atoms with E-state index in [1.54, 1.807) is 13.8 Å². The fourth-order valence-electron chi connectivity index (χ4n) is 2.04. The molecule has 10 heteroatoms. The normalized spacial score (nSPS) is 12.4. The average Bonchev–Trinajstić information content (AvgIpc) is 2.73. The Hall–Kier alpha value is -1.65. The van der Waals surface area contributed by atoms with Crippen LogP contribution in [-0.2, 0) is 14.8 Å².